The van der Waals surface area contributed by atoms with E-state index >= 15 is 0 Å². The van der Waals surface area contributed by atoms with E-state index in [9.17, 15) is 4.79 Å². The Balaban J connectivity index is 1.63. The number of rotatable bonds is 5. The molecular formula is C24H26ClNO4. The van der Waals surface area contributed by atoms with Gasteiger partial charge >= 0.3 is 5.97 Å². The average molecular weight is 428 g/mol. The standard InChI is InChI=1S/C24H26ClNO4/c1-26-13-12-24(16-8-9-20(28-2)21(14-16)29-3)11-10-17(15-22(24)26)30-23(27)18-6-4-5-7-19(18)25/h4-9,14-15,22H,10-13H2,1-3H3/t22-,24-/m0/s1. The lowest BCUT2D eigenvalue weighted by Crippen LogP contribution is -2.42. The minimum absolute atomic E-state index is 0.0470. The Morgan fingerprint density at radius 1 is 1.10 bits per heavy atom. The van der Waals surface area contributed by atoms with Gasteiger partial charge in [-0.05, 0) is 62.3 Å². The number of benzene rings is 2. The summed E-state index contributed by atoms with van der Waals surface area (Å²) in [5.41, 5.74) is 1.56. The van der Waals surface area contributed by atoms with Crippen LogP contribution in [-0.2, 0) is 10.2 Å². The van der Waals surface area contributed by atoms with Crippen LogP contribution in [0.15, 0.2) is 54.3 Å². The van der Waals surface area contributed by atoms with Crippen LogP contribution in [0.3, 0.4) is 0 Å². The molecule has 2 aromatic rings. The van der Waals surface area contributed by atoms with Crippen LogP contribution in [0.25, 0.3) is 0 Å². The van der Waals surface area contributed by atoms with Gasteiger partial charge in [-0.1, -0.05) is 29.8 Å². The lowest BCUT2D eigenvalue weighted by atomic mass is 9.68. The van der Waals surface area contributed by atoms with Crippen molar-refractivity contribution in [3.63, 3.8) is 0 Å². The summed E-state index contributed by atoms with van der Waals surface area (Å²) in [6, 6.07) is 13.3. The number of carbonyl (C=O) groups is 1. The summed E-state index contributed by atoms with van der Waals surface area (Å²) in [6.07, 6.45) is 4.71. The van der Waals surface area contributed by atoms with E-state index in [-0.39, 0.29) is 11.5 Å². The molecular weight excluding hydrogens is 402 g/mol. The number of likely N-dealkylation sites (N-methyl/N-ethyl adjacent to an activating group) is 1. The maximum Gasteiger partial charge on any atom is 0.344 e. The fourth-order valence-electron chi connectivity index (χ4n) is 4.74. The summed E-state index contributed by atoms with van der Waals surface area (Å²) in [5, 5.41) is 0.400. The van der Waals surface area contributed by atoms with Gasteiger partial charge < -0.3 is 14.2 Å². The first-order valence-electron chi connectivity index (χ1n) is 10.1. The number of allylic oxidation sites excluding steroid dienone is 1. The molecule has 0 radical (unpaired) electrons. The third-order valence-electron chi connectivity index (χ3n) is 6.39. The Hall–Kier alpha value is -2.50. The Morgan fingerprint density at radius 3 is 2.60 bits per heavy atom. The zero-order chi connectivity index (χ0) is 21.3. The van der Waals surface area contributed by atoms with Gasteiger partial charge in [0, 0.05) is 17.9 Å². The molecule has 5 nitrogen and oxygen atoms in total. The second kappa shape index (κ2) is 8.32. The summed E-state index contributed by atoms with van der Waals surface area (Å²) < 4.78 is 16.7. The number of halogens is 1. The number of carbonyl (C=O) groups excluding carboxylic acids is 1. The molecule has 1 aliphatic carbocycles. The number of hydrogen-bond donors (Lipinski definition) is 0. The molecule has 1 fully saturated rings. The SMILES string of the molecule is COc1ccc([C@@]23CCC(OC(=O)c4ccccc4Cl)=C[C@@H]2N(C)CC3)cc1OC. The third kappa shape index (κ3) is 3.57. The van der Waals surface area contributed by atoms with Gasteiger partial charge in [0.05, 0.1) is 24.8 Å². The lowest BCUT2D eigenvalue weighted by Gasteiger charge is -2.40. The van der Waals surface area contributed by atoms with Crippen molar-refractivity contribution in [3.05, 3.63) is 70.4 Å². The first-order valence-corrected chi connectivity index (χ1v) is 10.5. The number of hydrogen-bond acceptors (Lipinski definition) is 5. The number of nitrogens with zero attached hydrogens (tertiary/aromatic N) is 1. The molecule has 0 saturated carbocycles. The topological polar surface area (TPSA) is 48.0 Å². The Kier molecular flexibility index (Phi) is 5.76. The largest absolute Gasteiger partial charge is 0.493 e. The number of esters is 1. The maximum atomic E-state index is 12.6. The number of ether oxygens (including phenoxy) is 3. The van der Waals surface area contributed by atoms with Gasteiger partial charge in [0.15, 0.2) is 11.5 Å². The zero-order valence-electron chi connectivity index (χ0n) is 17.5. The van der Waals surface area contributed by atoms with Crippen LogP contribution in [0, 0.1) is 0 Å². The van der Waals surface area contributed by atoms with Crippen molar-refractivity contribution in [3.8, 4) is 11.5 Å². The average Bonchev–Trinajstić information content (AvgIpc) is 3.10. The zero-order valence-corrected chi connectivity index (χ0v) is 18.2. The van der Waals surface area contributed by atoms with E-state index in [1.54, 1.807) is 38.5 Å². The minimum Gasteiger partial charge on any atom is -0.493 e. The summed E-state index contributed by atoms with van der Waals surface area (Å²) in [5.74, 6) is 1.75. The third-order valence-corrected chi connectivity index (χ3v) is 6.72. The summed E-state index contributed by atoms with van der Waals surface area (Å²) in [6.45, 7) is 0.973. The fraction of sp³-hybridized carbons (Fsp3) is 0.375. The predicted molar refractivity (Wildman–Crippen MR) is 116 cm³/mol. The first kappa shape index (κ1) is 20.8. The van der Waals surface area contributed by atoms with Gasteiger partial charge in [-0.15, -0.1) is 0 Å². The molecule has 6 heteroatoms. The van der Waals surface area contributed by atoms with E-state index < -0.39 is 5.97 Å². The minimum atomic E-state index is -0.411. The summed E-state index contributed by atoms with van der Waals surface area (Å²) in [4.78, 5) is 14.9. The molecule has 0 amide bonds. The lowest BCUT2D eigenvalue weighted by molar-refractivity contribution is 0.0593. The number of fused-ring (bicyclic) bond motifs is 1. The molecule has 0 unspecified atom stereocenters. The molecule has 1 saturated heterocycles. The summed E-state index contributed by atoms with van der Waals surface area (Å²) >= 11 is 6.15. The quantitative estimate of drug-likeness (QED) is 0.639. The van der Waals surface area contributed by atoms with Gasteiger partial charge in [-0.25, -0.2) is 4.79 Å². The van der Waals surface area contributed by atoms with Gasteiger partial charge in [0.1, 0.15) is 5.76 Å². The van der Waals surface area contributed by atoms with Crippen LogP contribution in [0.4, 0.5) is 0 Å². The van der Waals surface area contributed by atoms with Crippen LogP contribution in [0.5, 0.6) is 11.5 Å². The molecule has 0 spiro atoms. The number of methoxy groups -OCH3 is 2. The van der Waals surface area contributed by atoms with E-state index in [0.717, 1.165) is 30.9 Å². The molecule has 0 N–H and O–H groups in total. The van der Waals surface area contributed by atoms with E-state index in [2.05, 4.69) is 30.2 Å². The molecule has 2 atom stereocenters. The fourth-order valence-corrected chi connectivity index (χ4v) is 4.95. The summed E-state index contributed by atoms with van der Waals surface area (Å²) in [7, 11) is 5.41. The molecule has 30 heavy (non-hydrogen) atoms. The molecule has 1 aliphatic heterocycles. The van der Waals surface area contributed by atoms with Gasteiger partial charge in [-0.3, -0.25) is 4.90 Å². The van der Waals surface area contributed by atoms with E-state index in [0.29, 0.717) is 22.8 Å². The van der Waals surface area contributed by atoms with Crippen LogP contribution < -0.4 is 9.47 Å². The van der Waals surface area contributed by atoms with E-state index in [1.807, 2.05) is 6.07 Å². The van der Waals surface area contributed by atoms with Crippen LogP contribution in [0.2, 0.25) is 5.02 Å². The Bertz CT molecular complexity index is 989. The molecule has 4 rings (SSSR count). The first-order chi connectivity index (χ1) is 14.5. The Labute approximate surface area is 182 Å². The van der Waals surface area contributed by atoms with Crippen molar-refractivity contribution in [1.82, 2.24) is 4.90 Å². The van der Waals surface area contributed by atoms with Crippen molar-refractivity contribution in [2.45, 2.75) is 30.7 Å². The highest BCUT2D eigenvalue weighted by Crippen LogP contribution is 2.49. The van der Waals surface area contributed by atoms with Crippen LogP contribution >= 0.6 is 11.6 Å². The number of likely N-dealkylation sites (tertiary alicyclic amines) is 1. The highest BCUT2D eigenvalue weighted by molar-refractivity contribution is 6.33. The van der Waals surface area contributed by atoms with Crippen molar-refractivity contribution in [1.29, 1.82) is 0 Å². The molecule has 0 aromatic heterocycles. The second-order valence-corrected chi connectivity index (χ2v) is 8.31. The maximum absolute atomic E-state index is 12.6. The van der Waals surface area contributed by atoms with Crippen LogP contribution in [-0.4, -0.2) is 44.7 Å². The molecule has 158 valence electrons. The monoisotopic (exact) mass is 427 g/mol. The molecule has 1 heterocycles. The smallest absolute Gasteiger partial charge is 0.344 e. The predicted octanol–water partition coefficient (Wildman–Crippen LogP) is 4.83. The Morgan fingerprint density at radius 2 is 1.87 bits per heavy atom. The molecule has 0 bridgehead atoms. The van der Waals surface area contributed by atoms with Crippen molar-refractivity contribution < 1.29 is 19.0 Å². The molecule has 2 aliphatic rings. The van der Waals surface area contributed by atoms with Crippen molar-refractivity contribution in [2.24, 2.45) is 0 Å². The van der Waals surface area contributed by atoms with Gasteiger partial charge in [0.2, 0.25) is 0 Å². The highest BCUT2D eigenvalue weighted by Gasteiger charge is 2.48. The van der Waals surface area contributed by atoms with Crippen molar-refractivity contribution >= 4 is 17.6 Å². The second-order valence-electron chi connectivity index (χ2n) is 7.90. The highest BCUT2D eigenvalue weighted by atomic mass is 35.5. The van der Waals surface area contributed by atoms with Crippen molar-refractivity contribution in [2.75, 3.05) is 27.8 Å². The van der Waals surface area contributed by atoms with E-state index in [4.69, 9.17) is 25.8 Å². The normalized spacial score (nSPS) is 23.5. The molecule has 2 aromatic carbocycles. The van der Waals surface area contributed by atoms with Gasteiger partial charge in [0.25, 0.3) is 0 Å². The van der Waals surface area contributed by atoms with Gasteiger partial charge in [-0.2, -0.15) is 0 Å². The van der Waals surface area contributed by atoms with E-state index in [1.165, 1.54) is 5.56 Å². The van der Waals surface area contributed by atoms with Crippen LogP contribution in [0.1, 0.15) is 35.2 Å².